The highest BCUT2D eigenvalue weighted by atomic mass is 16.4. The minimum atomic E-state index is -0.737. The van der Waals surface area contributed by atoms with Gasteiger partial charge in [0.25, 0.3) is 0 Å². The van der Waals surface area contributed by atoms with Gasteiger partial charge in [0, 0.05) is 31.5 Å². The number of piperidine rings is 1. The molecule has 0 aromatic carbocycles. The van der Waals surface area contributed by atoms with Gasteiger partial charge in [-0.2, -0.15) is 0 Å². The van der Waals surface area contributed by atoms with E-state index in [1.54, 1.807) is 0 Å². The molecule has 20 heavy (non-hydrogen) atoms. The second-order valence-electron chi connectivity index (χ2n) is 6.18. The third-order valence-electron chi connectivity index (χ3n) is 4.11. The SMILES string of the molecule is CC(N)CCCC(C)C(=O)N1CCC(CC(=O)O)CC1. The predicted octanol–water partition coefficient (Wildman–Crippen LogP) is 1.85. The van der Waals surface area contributed by atoms with Crippen molar-refractivity contribution in [1.82, 2.24) is 4.90 Å². The first kappa shape index (κ1) is 17.0. The second-order valence-corrected chi connectivity index (χ2v) is 6.18. The highest BCUT2D eigenvalue weighted by Gasteiger charge is 2.26. The van der Waals surface area contributed by atoms with E-state index in [1.807, 2.05) is 18.7 Å². The summed E-state index contributed by atoms with van der Waals surface area (Å²) in [5.41, 5.74) is 5.71. The quantitative estimate of drug-likeness (QED) is 0.747. The highest BCUT2D eigenvalue weighted by Crippen LogP contribution is 2.22. The van der Waals surface area contributed by atoms with E-state index in [4.69, 9.17) is 10.8 Å². The zero-order valence-corrected chi connectivity index (χ0v) is 12.7. The van der Waals surface area contributed by atoms with Crippen LogP contribution < -0.4 is 5.73 Å². The number of carbonyl (C=O) groups excluding carboxylic acids is 1. The standard InChI is InChI=1S/C15H28N2O3/c1-11(4-3-5-12(2)16)15(20)17-8-6-13(7-9-17)10-14(18)19/h11-13H,3-10,16H2,1-2H3,(H,18,19). The Morgan fingerprint density at radius 3 is 2.35 bits per heavy atom. The minimum absolute atomic E-state index is 0.0461. The maximum atomic E-state index is 12.3. The van der Waals surface area contributed by atoms with Crippen molar-refractivity contribution in [2.45, 2.75) is 58.4 Å². The van der Waals surface area contributed by atoms with Crippen LogP contribution in [0.5, 0.6) is 0 Å². The molecule has 0 radical (unpaired) electrons. The number of rotatable bonds is 7. The Bertz CT molecular complexity index is 323. The van der Waals surface area contributed by atoms with Crippen LogP contribution in [0.4, 0.5) is 0 Å². The van der Waals surface area contributed by atoms with Crippen molar-refractivity contribution >= 4 is 11.9 Å². The summed E-state index contributed by atoms with van der Waals surface area (Å²) in [5, 5.41) is 8.78. The van der Waals surface area contributed by atoms with Gasteiger partial charge in [-0.25, -0.2) is 0 Å². The molecule has 0 spiro atoms. The summed E-state index contributed by atoms with van der Waals surface area (Å²) in [6.07, 6.45) is 4.68. The van der Waals surface area contributed by atoms with E-state index in [9.17, 15) is 9.59 Å². The molecule has 5 heteroatoms. The summed E-state index contributed by atoms with van der Waals surface area (Å²) in [5.74, 6) is -0.253. The molecule has 2 atom stereocenters. The van der Waals surface area contributed by atoms with Gasteiger partial charge in [-0.1, -0.05) is 13.3 Å². The molecule has 0 aromatic heterocycles. The highest BCUT2D eigenvalue weighted by molar-refractivity contribution is 5.78. The molecule has 1 aliphatic heterocycles. The molecule has 1 amide bonds. The van der Waals surface area contributed by atoms with Crippen LogP contribution in [0.25, 0.3) is 0 Å². The number of likely N-dealkylation sites (tertiary alicyclic amines) is 1. The molecule has 1 rings (SSSR count). The average molecular weight is 284 g/mol. The monoisotopic (exact) mass is 284 g/mol. The van der Waals surface area contributed by atoms with Gasteiger partial charge in [0.2, 0.25) is 5.91 Å². The normalized spacial score (nSPS) is 19.6. The van der Waals surface area contributed by atoms with Gasteiger partial charge in [0.15, 0.2) is 0 Å². The molecule has 1 aliphatic rings. The van der Waals surface area contributed by atoms with E-state index >= 15 is 0 Å². The Hall–Kier alpha value is -1.10. The van der Waals surface area contributed by atoms with E-state index < -0.39 is 5.97 Å². The van der Waals surface area contributed by atoms with E-state index in [2.05, 4.69) is 0 Å². The summed E-state index contributed by atoms with van der Waals surface area (Å²) < 4.78 is 0. The van der Waals surface area contributed by atoms with Crippen LogP contribution in [-0.2, 0) is 9.59 Å². The first-order chi connectivity index (χ1) is 9.40. The lowest BCUT2D eigenvalue weighted by molar-refractivity contribution is -0.139. The molecule has 1 saturated heterocycles. The van der Waals surface area contributed by atoms with Gasteiger partial charge in [-0.05, 0) is 38.5 Å². The number of carboxylic acid groups (broad SMARTS) is 1. The number of aliphatic carboxylic acids is 1. The lowest BCUT2D eigenvalue weighted by Crippen LogP contribution is -2.41. The Morgan fingerprint density at radius 2 is 1.85 bits per heavy atom. The number of hydrogen-bond acceptors (Lipinski definition) is 3. The lowest BCUT2D eigenvalue weighted by atomic mass is 9.92. The van der Waals surface area contributed by atoms with Gasteiger partial charge in [-0.15, -0.1) is 0 Å². The zero-order valence-electron chi connectivity index (χ0n) is 12.7. The van der Waals surface area contributed by atoms with Gasteiger partial charge in [0.05, 0.1) is 0 Å². The van der Waals surface area contributed by atoms with Crippen molar-refractivity contribution in [1.29, 1.82) is 0 Å². The molecule has 0 aliphatic carbocycles. The molecule has 116 valence electrons. The van der Waals surface area contributed by atoms with Crippen molar-refractivity contribution < 1.29 is 14.7 Å². The molecule has 5 nitrogen and oxygen atoms in total. The minimum Gasteiger partial charge on any atom is -0.481 e. The third kappa shape index (κ3) is 5.90. The maximum absolute atomic E-state index is 12.3. The van der Waals surface area contributed by atoms with Crippen molar-refractivity contribution in [2.24, 2.45) is 17.6 Å². The summed E-state index contributed by atoms with van der Waals surface area (Å²) in [7, 11) is 0. The van der Waals surface area contributed by atoms with Crippen molar-refractivity contribution in [3.63, 3.8) is 0 Å². The maximum Gasteiger partial charge on any atom is 0.303 e. The molecule has 0 bridgehead atoms. The molecule has 2 unspecified atom stereocenters. The van der Waals surface area contributed by atoms with Crippen LogP contribution in [0.3, 0.4) is 0 Å². The van der Waals surface area contributed by atoms with Crippen LogP contribution in [0, 0.1) is 11.8 Å². The topological polar surface area (TPSA) is 83.6 Å². The first-order valence-electron chi connectivity index (χ1n) is 7.66. The Morgan fingerprint density at radius 1 is 1.25 bits per heavy atom. The predicted molar refractivity (Wildman–Crippen MR) is 78.2 cm³/mol. The Kier molecular flexibility index (Phi) is 6.99. The number of amides is 1. The fourth-order valence-corrected chi connectivity index (χ4v) is 2.79. The summed E-state index contributed by atoms with van der Waals surface area (Å²) in [4.78, 5) is 24.9. The van der Waals surface area contributed by atoms with Crippen LogP contribution in [-0.4, -0.2) is 41.0 Å². The van der Waals surface area contributed by atoms with Crippen LogP contribution in [0.2, 0.25) is 0 Å². The van der Waals surface area contributed by atoms with E-state index in [-0.39, 0.29) is 30.2 Å². The van der Waals surface area contributed by atoms with Gasteiger partial charge in [0.1, 0.15) is 0 Å². The Balaban J connectivity index is 2.29. The number of carbonyl (C=O) groups is 2. The summed E-state index contributed by atoms with van der Waals surface area (Å²) in [6, 6.07) is 0.198. The molecule has 0 aromatic rings. The largest absolute Gasteiger partial charge is 0.481 e. The average Bonchev–Trinajstić information content (AvgIpc) is 2.37. The van der Waals surface area contributed by atoms with Crippen molar-refractivity contribution in [3.8, 4) is 0 Å². The molecular formula is C15H28N2O3. The van der Waals surface area contributed by atoms with Gasteiger partial charge < -0.3 is 15.7 Å². The van der Waals surface area contributed by atoms with Crippen LogP contribution in [0.1, 0.15) is 52.4 Å². The molecule has 0 saturated carbocycles. The van der Waals surface area contributed by atoms with Gasteiger partial charge in [-0.3, -0.25) is 9.59 Å². The molecule has 1 fully saturated rings. The molecule has 3 N–H and O–H groups in total. The first-order valence-corrected chi connectivity index (χ1v) is 7.66. The number of carboxylic acids is 1. The Labute approximate surface area is 121 Å². The van der Waals surface area contributed by atoms with E-state index in [0.29, 0.717) is 13.1 Å². The third-order valence-corrected chi connectivity index (χ3v) is 4.11. The number of hydrogen-bond donors (Lipinski definition) is 2. The fourth-order valence-electron chi connectivity index (χ4n) is 2.79. The summed E-state index contributed by atoms with van der Waals surface area (Å²) in [6.45, 7) is 5.37. The van der Waals surface area contributed by atoms with Crippen molar-refractivity contribution in [2.75, 3.05) is 13.1 Å². The van der Waals surface area contributed by atoms with Gasteiger partial charge >= 0.3 is 5.97 Å². The number of nitrogens with zero attached hydrogens (tertiary/aromatic N) is 1. The fraction of sp³-hybridized carbons (Fsp3) is 0.867. The lowest BCUT2D eigenvalue weighted by Gasteiger charge is -2.33. The summed E-state index contributed by atoms with van der Waals surface area (Å²) >= 11 is 0. The number of nitrogens with two attached hydrogens (primary N) is 1. The molecule has 1 heterocycles. The van der Waals surface area contributed by atoms with Crippen molar-refractivity contribution in [3.05, 3.63) is 0 Å². The second kappa shape index (κ2) is 8.25. The zero-order chi connectivity index (χ0) is 15.1. The van der Waals surface area contributed by atoms with E-state index in [0.717, 1.165) is 32.1 Å². The smallest absolute Gasteiger partial charge is 0.303 e. The van der Waals surface area contributed by atoms with E-state index in [1.165, 1.54) is 0 Å². The van der Waals surface area contributed by atoms with Crippen LogP contribution in [0.15, 0.2) is 0 Å². The van der Waals surface area contributed by atoms with Crippen LogP contribution >= 0.6 is 0 Å². The molecular weight excluding hydrogens is 256 g/mol.